The molecule has 1 amide bonds. The Kier molecular flexibility index (Phi) is 5.85. The summed E-state index contributed by atoms with van der Waals surface area (Å²) in [6.07, 6.45) is -1.11. The lowest BCUT2D eigenvalue weighted by molar-refractivity contribution is -0.125. The van der Waals surface area contributed by atoms with Crippen LogP contribution in [0.1, 0.15) is 18.1 Å². The van der Waals surface area contributed by atoms with Gasteiger partial charge in [0.15, 0.2) is 6.10 Å². The molecule has 0 heterocycles. The Morgan fingerprint density at radius 3 is 2.50 bits per heavy atom. The average Bonchev–Trinajstić information content (AvgIpc) is 2.61. The lowest BCUT2D eigenvalue weighted by Gasteiger charge is -2.16. The maximum Gasteiger partial charge on any atom is 0.274 e. The van der Waals surface area contributed by atoms with Crippen molar-refractivity contribution in [2.75, 3.05) is 7.11 Å². The number of nitrogens with zero attached hydrogens (tertiary/aromatic N) is 1. The minimum absolute atomic E-state index is 0.0613. The van der Waals surface area contributed by atoms with Crippen LogP contribution in [0.15, 0.2) is 47.4 Å². The van der Waals surface area contributed by atoms with Crippen molar-refractivity contribution < 1.29 is 22.7 Å². The summed E-state index contributed by atoms with van der Waals surface area (Å²) in [4.78, 5) is 12.2. The van der Waals surface area contributed by atoms with Crippen molar-refractivity contribution in [1.29, 1.82) is 5.26 Å². The van der Waals surface area contributed by atoms with Gasteiger partial charge >= 0.3 is 0 Å². The Morgan fingerprint density at radius 1 is 1.19 bits per heavy atom. The molecule has 2 aromatic rings. The van der Waals surface area contributed by atoms with Gasteiger partial charge in [-0.15, -0.1) is 0 Å². The number of carbonyl (C=O) groups is 1. The van der Waals surface area contributed by atoms with E-state index in [1.165, 1.54) is 44.4 Å². The molecule has 0 aromatic heterocycles. The molecule has 0 saturated carbocycles. The van der Waals surface area contributed by atoms with E-state index in [0.29, 0.717) is 11.3 Å². The number of ether oxygens (including phenoxy) is 2. The average molecular weight is 374 g/mol. The largest absolute Gasteiger partial charge is 0.496 e. The van der Waals surface area contributed by atoms with Crippen LogP contribution in [0.25, 0.3) is 0 Å². The van der Waals surface area contributed by atoms with Crippen molar-refractivity contribution in [2.45, 2.75) is 24.8 Å². The Bertz CT molecular complexity index is 964. The topological polar surface area (TPSA) is 105 Å². The van der Waals surface area contributed by atoms with Crippen LogP contribution < -0.4 is 14.2 Å². The Balaban J connectivity index is 2.15. The highest BCUT2D eigenvalue weighted by Crippen LogP contribution is 2.22. The number of sulfonamides is 1. The van der Waals surface area contributed by atoms with E-state index in [-0.39, 0.29) is 16.2 Å². The number of nitrogens with one attached hydrogen (secondary N) is 1. The molecule has 1 atom stereocenters. The molecule has 1 unspecified atom stereocenters. The van der Waals surface area contributed by atoms with Gasteiger partial charge in [0.2, 0.25) is 0 Å². The smallest absolute Gasteiger partial charge is 0.274 e. The summed E-state index contributed by atoms with van der Waals surface area (Å²) in [7, 11) is -2.58. The van der Waals surface area contributed by atoms with Gasteiger partial charge in [-0.05, 0) is 49.7 Å². The molecule has 136 valence electrons. The molecule has 2 rings (SSSR count). The summed E-state index contributed by atoms with van der Waals surface area (Å²) in [5, 5.41) is 9.04. The zero-order valence-electron chi connectivity index (χ0n) is 14.5. The van der Waals surface area contributed by atoms with Gasteiger partial charge in [0.25, 0.3) is 15.9 Å². The third-order valence-electron chi connectivity index (χ3n) is 3.59. The van der Waals surface area contributed by atoms with Crippen molar-refractivity contribution in [3.63, 3.8) is 0 Å². The monoisotopic (exact) mass is 374 g/mol. The number of hydrogen-bond acceptors (Lipinski definition) is 6. The van der Waals surface area contributed by atoms with Crippen LogP contribution in [0, 0.1) is 18.3 Å². The van der Waals surface area contributed by atoms with Crippen molar-refractivity contribution >= 4 is 15.9 Å². The van der Waals surface area contributed by atoms with Gasteiger partial charge in [-0.3, -0.25) is 4.79 Å². The molecule has 0 bridgehead atoms. The van der Waals surface area contributed by atoms with E-state index in [1.54, 1.807) is 19.1 Å². The van der Waals surface area contributed by atoms with Crippen LogP contribution in [0.2, 0.25) is 0 Å². The first-order chi connectivity index (χ1) is 12.3. The molecule has 0 spiro atoms. The summed E-state index contributed by atoms with van der Waals surface area (Å²) < 4.78 is 37.3. The fourth-order valence-electron chi connectivity index (χ4n) is 2.20. The molecule has 0 aliphatic heterocycles. The SMILES string of the molecule is COc1ccc(S(=O)(=O)NC(=O)C(C)Oc2ccccc2C#N)cc1C. The molecular weight excluding hydrogens is 356 g/mol. The molecule has 0 aliphatic carbocycles. The van der Waals surface area contributed by atoms with E-state index in [1.807, 2.05) is 10.8 Å². The minimum atomic E-state index is -4.06. The normalized spacial score (nSPS) is 11.9. The molecule has 8 heteroatoms. The maximum atomic E-state index is 12.4. The second-order valence-corrected chi connectivity index (χ2v) is 7.15. The number of carbonyl (C=O) groups excluding carboxylic acids is 1. The van der Waals surface area contributed by atoms with Gasteiger partial charge in [0.1, 0.15) is 17.6 Å². The predicted octanol–water partition coefficient (Wildman–Crippen LogP) is 2.15. The summed E-state index contributed by atoms with van der Waals surface area (Å²) in [6.45, 7) is 3.10. The molecule has 0 saturated heterocycles. The molecule has 0 fully saturated rings. The van der Waals surface area contributed by atoms with E-state index in [0.717, 1.165) is 0 Å². The summed E-state index contributed by atoms with van der Waals surface area (Å²) in [6, 6.07) is 12.6. The van der Waals surface area contributed by atoms with Gasteiger partial charge in [-0.25, -0.2) is 13.1 Å². The quantitative estimate of drug-likeness (QED) is 0.830. The van der Waals surface area contributed by atoms with E-state index in [9.17, 15) is 13.2 Å². The Hall–Kier alpha value is -3.05. The molecule has 0 aliphatic rings. The first-order valence-corrected chi connectivity index (χ1v) is 9.14. The molecular formula is C18H18N2O5S. The van der Waals surface area contributed by atoms with Gasteiger partial charge in [0.05, 0.1) is 17.6 Å². The van der Waals surface area contributed by atoms with E-state index in [4.69, 9.17) is 14.7 Å². The summed E-state index contributed by atoms with van der Waals surface area (Å²) in [5.74, 6) is -0.0957. The lowest BCUT2D eigenvalue weighted by atomic mass is 10.2. The van der Waals surface area contributed by atoms with E-state index in [2.05, 4.69) is 0 Å². The van der Waals surface area contributed by atoms with Crippen LogP contribution in [0.5, 0.6) is 11.5 Å². The molecule has 2 aromatic carbocycles. The van der Waals surface area contributed by atoms with Gasteiger partial charge in [-0.2, -0.15) is 5.26 Å². The third kappa shape index (κ3) is 4.32. The number of methoxy groups -OCH3 is 1. The van der Waals surface area contributed by atoms with Crippen LogP contribution in [0.4, 0.5) is 0 Å². The highest BCUT2D eigenvalue weighted by molar-refractivity contribution is 7.90. The molecule has 0 radical (unpaired) electrons. The van der Waals surface area contributed by atoms with Gasteiger partial charge in [0, 0.05) is 0 Å². The predicted molar refractivity (Wildman–Crippen MR) is 94.3 cm³/mol. The Labute approximate surface area is 152 Å². The van der Waals surface area contributed by atoms with E-state index >= 15 is 0 Å². The minimum Gasteiger partial charge on any atom is -0.496 e. The summed E-state index contributed by atoms with van der Waals surface area (Å²) in [5.41, 5.74) is 0.871. The third-order valence-corrected chi connectivity index (χ3v) is 4.94. The Morgan fingerprint density at radius 2 is 1.88 bits per heavy atom. The second-order valence-electron chi connectivity index (χ2n) is 5.47. The number of rotatable bonds is 6. The number of amides is 1. The molecule has 1 N–H and O–H groups in total. The highest BCUT2D eigenvalue weighted by atomic mass is 32.2. The van der Waals surface area contributed by atoms with E-state index < -0.39 is 22.0 Å². The highest BCUT2D eigenvalue weighted by Gasteiger charge is 2.24. The molecule has 26 heavy (non-hydrogen) atoms. The first-order valence-electron chi connectivity index (χ1n) is 7.65. The van der Waals surface area contributed by atoms with Crippen LogP contribution in [-0.2, 0) is 14.8 Å². The van der Waals surface area contributed by atoms with Crippen LogP contribution in [-0.4, -0.2) is 27.5 Å². The lowest BCUT2D eigenvalue weighted by Crippen LogP contribution is -2.40. The number of para-hydroxylation sites is 1. The fraction of sp³-hybridized carbons (Fsp3) is 0.222. The standard InChI is InChI=1S/C18H18N2O5S/c1-12-10-15(8-9-16(12)24-3)26(22,23)20-18(21)13(2)25-17-7-5-4-6-14(17)11-19/h4-10,13H,1-3H3,(H,20,21). The number of nitriles is 1. The van der Waals surface area contributed by atoms with Crippen molar-refractivity contribution in [3.8, 4) is 17.6 Å². The van der Waals surface area contributed by atoms with Crippen molar-refractivity contribution in [3.05, 3.63) is 53.6 Å². The van der Waals surface area contributed by atoms with Crippen molar-refractivity contribution in [2.24, 2.45) is 0 Å². The maximum absolute atomic E-state index is 12.4. The second kappa shape index (κ2) is 7.89. The zero-order chi connectivity index (χ0) is 19.3. The fourth-order valence-corrected chi connectivity index (χ4v) is 3.33. The summed E-state index contributed by atoms with van der Waals surface area (Å²) >= 11 is 0. The first kappa shape index (κ1) is 19.3. The van der Waals surface area contributed by atoms with Gasteiger partial charge < -0.3 is 9.47 Å². The van der Waals surface area contributed by atoms with Crippen LogP contribution >= 0.6 is 0 Å². The van der Waals surface area contributed by atoms with Crippen LogP contribution in [0.3, 0.4) is 0 Å². The number of aryl methyl sites for hydroxylation is 1. The zero-order valence-corrected chi connectivity index (χ0v) is 15.3. The van der Waals surface area contributed by atoms with Gasteiger partial charge in [-0.1, -0.05) is 12.1 Å². The number of benzene rings is 2. The van der Waals surface area contributed by atoms with Crippen molar-refractivity contribution in [1.82, 2.24) is 4.72 Å². The number of hydrogen-bond donors (Lipinski definition) is 1. The molecule has 7 nitrogen and oxygen atoms in total.